The molecule has 2 amide bonds. The normalized spacial score (nSPS) is 10.2. The van der Waals surface area contributed by atoms with Gasteiger partial charge in [-0.3, -0.25) is 14.4 Å². The van der Waals surface area contributed by atoms with Crippen molar-refractivity contribution in [1.82, 2.24) is 5.32 Å². The number of rotatable bonds is 6. The molecule has 0 aliphatic carbocycles. The second-order valence-corrected chi connectivity index (χ2v) is 6.58. The number of anilines is 1. The summed E-state index contributed by atoms with van der Waals surface area (Å²) in [5.74, 6) is -1.61. The van der Waals surface area contributed by atoms with Crippen LogP contribution in [-0.4, -0.2) is 30.9 Å². The second kappa shape index (κ2) is 9.19. The average molecular weight is 389 g/mol. The molecule has 0 saturated heterocycles. The number of ether oxygens (including phenoxy) is 1. The number of carbonyl (C=O) groups excluding carboxylic acids is 3. The minimum Gasteiger partial charge on any atom is -0.454 e. The summed E-state index contributed by atoms with van der Waals surface area (Å²) in [5, 5.41) is 5.43. The van der Waals surface area contributed by atoms with E-state index in [1.54, 1.807) is 30.3 Å². The summed E-state index contributed by atoms with van der Waals surface area (Å²) in [6, 6.07) is 10.4. The third-order valence-corrected chi connectivity index (χ3v) is 4.24. The van der Waals surface area contributed by atoms with Crippen LogP contribution in [0.15, 0.2) is 36.4 Å². The van der Waals surface area contributed by atoms with Gasteiger partial charge in [0.25, 0.3) is 11.8 Å². The van der Waals surface area contributed by atoms with E-state index in [0.29, 0.717) is 16.3 Å². The molecule has 0 saturated carbocycles. The van der Waals surface area contributed by atoms with Gasteiger partial charge in [0.05, 0.1) is 10.7 Å². The SMILES string of the molecule is Cc1ccc(NC(=O)COC(=O)CNC(=O)c2ccc(C)c(C)c2)c(Cl)c1. The molecule has 142 valence electrons. The molecule has 0 aliphatic rings. The maximum Gasteiger partial charge on any atom is 0.325 e. The molecule has 0 atom stereocenters. The average Bonchev–Trinajstić information content (AvgIpc) is 2.62. The van der Waals surface area contributed by atoms with Crippen LogP contribution in [0.1, 0.15) is 27.0 Å². The van der Waals surface area contributed by atoms with Crippen molar-refractivity contribution in [3.63, 3.8) is 0 Å². The Kier molecular flexibility index (Phi) is 6.96. The lowest BCUT2D eigenvalue weighted by molar-refractivity contribution is -0.146. The fraction of sp³-hybridized carbons (Fsp3) is 0.250. The third kappa shape index (κ3) is 6.11. The van der Waals surface area contributed by atoms with Gasteiger partial charge in [0.1, 0.15) is 6.54 Å². The van der Waals surface area contributed by atoms with E-state index >= 15 is 0 Å². The Labute approximate surface area is 162 Å². The standard InChI is InChI=1S/C20H21ClN2O4/c1-12-4-7-17(16(21)8-12)23-18(24)11-27-19(25)10-22-20(26)15-6-5-13(2)14(3)9-15/h4-9H,10-11H2,1-3H3,(H,22,26)(H,23,24). The predicted octanol–water partition coefficient (Wildman–Crippen LogP) is 3.18. The first kappa shape index (κ1) is 20.5. The zero-order valence-electron chi connectivity index (χ0n) is 15.4. The van der Waals surface area contributed by atoms with Crippen molar-refractivity contribution < 1.29 is 19.1 Å². The highest BCUT2D eigenvalue weighted by Gasteiger charge is 2.12. The Morgan fingerprint density at radius 3 is 2.41 bits per heavy atom. The molecule has 0 aromatic heterocycles. The van der Waals surface area contributed by atoms with Gasteiger partial charge in [-0.25, -0.2) is 0 Å². The van der Waals surface area contributed by atoms with E-state index in [4.69, 9.17) is 16.3 Å². The summed E-state index contributed by atoms with van der Waals surface area (Å²) in [4.78, 5) is 35.6. The highest BCUT2D eigenvalue weighted by molar-refractivity contribution is 6.33. The molecule has 0 unspecified atom stereocenters. The lowest BCUT2D eigenvalue weighted by Gasteiger charge is -2.09. The van der Waals surface area contributed by atoms with Crippen LogP contribution < -0.4 is 10.6 Å². The summed E-state index contributed by atoms with van der Waals surface area (Å²) < 4.78 is 4.86. The largest absolute Gasteiger partial charge is 0.454 e. The van der Waals surface area contributed by atoms with Crippen LogP contribution in [0.2, 0.25) is 5.02 Å². The van der Waals surface area contributed by atoms with Gasteiger partial charge < -0.3 is 15.4 Å². The molecule has 2 N–H and O–H groups in total. The highest BCUT2D eigenvalue weighted by Crippen LogP contribution is 2.22. The van der Waals surface area contributed by atoms with E-state index in [1.165, 1.54) is 0 Å². The summed E-state index contributed by atoms with van der Waals surface area (Å²) in [5.41, 5.74) is 3.91. The molecule has 6 nitrogen and oxygen atoms in total. The zero-order chi connectivity index (χ0) is 20.0. The van der Waals surface area contributed by atoms with E-state index in [0.717, 1.165) is 16.7 Å². The van der Waals surface area contributed by atoms with Crippen molar-refractivity contribution in [3.05, 3.63) is 63.7 Å². The van der Waals surface area contributed by atoms with Crippen LogP contribution in [0.4, 0.5) is 5.69 Å². The predicted molar refractivity (Wildman–Crippen MR) is 104 cm³/mol. The fourth-order valence-corrected chi connectivity index (χ4v) is 2.52. The first-order valence-corrected chi connectivity index (χ1v) is 8.71. The quantitative estimate of drug-likeness (QED) is 0.744. The van der Waals surface area contributed by atoms with Crippen LogP contribution in [0.25, 0.3) is 0 Å². The molecule has 0 heterocycles. The lowest BCUT2D eigenvalue weighted by Crippen LogP contribution is -2.32. The Morgan fingerprint density at radius 2 is 1.74 bits per heavy atom. The Morgan fingerprint density at radius 1 is 1.00 bits per heavy atom. The molecule has 2 aromatic carbocycles. The summed E-state index contributed by atoms with van der Waals surface area (Å²) in [6.07, 6.45) is 0. The Hall–Kier alpha value is -2.86. The lowest BCUT2D eigenvalue weighted by atomic mass is 10.1. The van der Waals surface area contributed by atoms with E-state index in [2.05, 4.69) is 10.6 Å². The maximum absolute atomic E-state index is 12.0. The van der Waals surface area contributed by atoms with Crippen LogP contribution >= 0.6 is 11.6 Å². The van der Waals surface area contributed by atoms with Gasteiger partial charge >= 0.3 is 5.97 Å². The molecular formula is C20H21ClN2O4. The molecule has 0 aliphatic heterocycles. The summed E-state index contributed by atoms with van der Waals surface area (Å²) in [7, 11) is 0. The molecule has 27 heavy (non-hydrogen) atoms. The van der Waals surface area contributed by atoms with Crippen LogP contribution in [0, 0.1) is 20.8 Å². The molecule has 0 fully saturated rings. The van der Waals surface area contributed by atoms with E-state index in [1.807, 2.05) is 26.8 Å². The van der Waals surface area contributed by atoms with Crippen molar-refractivity contribution in [2.75, 3.05) is 18.5 Å². The van der Waals surface area contributed by atoms with Gasteiger partial charge in [0.2, 0.25) is 0 Å². The topological polar surface area (TPSA) is 84.5 Å². The summed E-state index contributed by atoms with van der Waals surface area (Å²) in [6.45, 7) is 4.93. The number of hydrogen-bond acceptors (Lipinski definition) is 4. The van der Waals surface area contributed by atoms with Crippen molar-refractivity contribution >= 4 is 35.1 Å². The van der Waals surface area contributed by atoms with Crippen LogP contribution in [0.3, 0.4) is 0 Å². The molecule has 0 bridgehead atoms. The minimum absolute atomic E-state index is 0.329. The molecule has 2 rings (SSSR count). The third-order valence-electron chi connectivity index (χ3n) is 3.93. The van der Waals surface area contributed by atoms with E-state index in [-0.39, 0.29) is 12.5 Å². The number of halogens is 1. The first-order valence-electron chi connectivity index (χ1n) is 8.33. The Bertz CT molecular complexity index is 880. The molecule has 7 heteroatoms. The monoisotopic (exact) mass is 388 g/mol. The number of benzene rings is 2. The molecule has 0 spiro atoms. The number of aryl methyl sites for hydroxylation is 3. The van der Waals surface area contributed by atoms with Gasteiger partial charge in [0.15, 0.2) is 6.61 Å². The van der Waals surface area contributed by atoms with Crippen LogP contribution in [-0.2, 0) is 14.3 Å². The smallest absolute Gasteiger partial charge is 0.325 e. The van der Waals surface area contributed by atoms with Crippen LogP contribution in [0.5, 0.6) is 0 Å². The van der Waals surface area contributed by atoms with Crippen molar-refractivity contribution in [3.8, 4) is 0 Å². The molecule has 0 radical (unpaired) electrons. The van der Waals surface area contributed by atoms with Gasteiger partial charge in [0, 0.05) is 5.56 Å². The number of nitrogens with one attached hydrogen (secondary N) is 2. The fourth-order valence-electron chi connectivity index (χ4n) is 2.24. The number of amides is 2. The number of hydrogen-bond donors (Lipinski definition) is 2. The molecular weight excluding hydrogens is 368 g/mol. The van der Waals surface area contributed by atoms with Gasteiger partial charge in [-0.15, -0.1) is 0 Å². The number of carbonyl (C=O) groups is 3. The second-order valence-electron chi connectivity index (χ2n) is 6.17. The summed E-state index contributed by atoms with van der Waals surface area (Å²) >= 11 is 6.03. The molecule has 2 aromatic rings. The highest BCUT2D eigenvalue weighted by atomic mass is 35.5. The minimum atomic E-state index is -0.711. The Balaban J connectivity index is 1.77. The van der Waals surface area contributed by atoms with E-state index < -0.39 is 18.5 Å². The van der Waals surface area contributed by atoms with Crippen molar-refractivity contribution in [2.45, 2.75) is 20.8 Å². The number of esters is 1. The van der Waals surface area contributed by atoms with Crippen molar-refractivity contribution in [1.29, 1.82) is 0 Å². The zero-order valence-corrected chi connectivity index (χ0v) is 16.1. The van der Waals surface area contributed by atoms with E-state index in [9.17, 15) is 14.4 Å². The van der Waals surface area contributed by atoms with Gasteiger partial charge in [-0.1, -0.05) is 23.7 Å². The van der Waals surface area contributed by atoms with Gasteiger partial charge in [-0.05, 0) is 61.7 Å². The van der Waals surface area contributed by atoms with Gasteiger partial charge in [-0.2, -0.15) is 0 Å². The first-order chi connectivity index (χ1) is 12.8. The maximum atomic E-state index is 12.0. The van der Waals surface area contributed by atoms with Crippen molar-refractivity contribution in [2.24, 2.45) is 0 Å².